The van der Waals surface area contributed by atoms with Crippen LogP contribution in [0.2, 0.25) is 0 Å². The number of nitrogens with zero attached hydrogens (tertiary/aromatic N) is 2. The van der Waals surface area contributed by atoms with Gasteiger partial charge >= 0.3 is 0 Å². The number of β-amino-alcohol motifs (C(OH)–C–C–N with tert-alkyl or cyclic N) is 1. The van der Waals surface area contributed by atoms with E-state index in [1.54, 1.807) is 4.90 Å². The number of fused-ring (bicyclic) bond motifs is 2. The summed E-state index contributed by atoms with van der Waals surface area (Å²) in [6.45, 7) is 7.61. The summed E-state index contributed by atoms with van der Waals surface area (Å²) in [5.74, 6) is -0.154. The van der Waals surface area contributed by atoms with Crippen molar-refractivity contribution in [3.8, 4) is 0 Å². The molecule has 3 N–H and O–H groups in total. The topological polar surface area (TPSA) is 88.7 Å². The number of likely N-dealkylation sites (tertiary alicyclic amines) is 1. The minimum Gasteiger partial charge on any atom is -0.390 e. The highest BCUT2D eigenvalue weighted by Gasteiger charge is 2.31. The molecule has 3 aliphatic rings. The molecule has 1 aromatic carbocycles. The van der Waals surface area contributed by atoms with Crippen LogP contribution in [0.1, 0.15) is 64.1 Å². The number of rotatable bonds is 5. The summed E-state index contributed by atoms with van der Waals surface area (Å²) in [6.07, 6.45) is 6.56. The van der Waals surface area contributed by atoms with Gasteiger partial charge in [-0.2, -0.15) is 0 Å². The second kappa shape index (κ2) is 9.39. The monoisotopic (exact) mass is 462 g/mol. The molecule has 0 saturated carbocycles. The molecule has 7 heteroatoms. The minimum atomic E-state index is -0.550. The third kappa shape index (κ3) is 4.30. The Kier molecular flexibility index (Phi) is 6.32. The molecule has 0 unspecified atom stereocenters. The molecular formula is C27H34N4O3. The first-order valence-electron chi connectivity index (χ1n) is 12.5. The first-order chi connectivity index (χ1) is 16.4. The Morgan fingerprint density at radius 3 is 2.62 bits per heavy atom. The fourth-order valence-electron chi connectivity index (χ4n) is 5.65. The molecule has 2 aromatic rings. The summed E-state index contributed by atoms with van der Waals surface area (Å²) in [6, 6.07) is 5.85. The number of carbonyl (C=O) groups excluding carboxylic acids is 2. The quantitative estimate of drug-likeness (QED) is 0.595. The second-order valence-electron chi connectivity index (χ2n) is 9.90. The molecular weight excluding hydrogens is 428 g/mol. The minimum absolute atomic E-state index is 0.0314. The Labute approximate surface area is 200 Å². The number of hydrogen-bond donors (Lipinski definition) is 3. The number of H-pyrrole nitrogens is 1. The predicted molar refractivity (Wildman–Crippen MR) is 134 cm³/mol. The number of piperidine rings is 1. The van der Waals surface area contributed by atoms with E-state index in [0.29, 0.717) is 30.8 Å². The Balaban J connectivity index is 1.38. The maximum Gasteiger partial charge on any atom is 0.256 e. The van der Waals surface area contributed by atoms with Gasteiger partial charge < -0.3 is 25.2 Å². The van der Waals surface area contributed by atoms with Gasteiger partial charge in [-0.1, -0.05) is 18.6 Å². The summed E-state index contributed by atoms with van der Waals surface area (Å²) in [7, 11) is 0. The number of aromatic amines is 1. The van der Waals surface area contributed by atoms with Gasteiger partial charge in [0.1, 0.15) is 0 Å². The molecule has 0 radical (unpaired) electrons. The van der Waals surface area contributed by atoms with E-state index in [1.807, 2.05) is 38.1 Å². The molecule has 7 nitrogen and oxygen atoms in total. The molecule has 1 saturated heterocycles. The van der Waals surface area contributed by atoms with Gasteiger partial charge in [0.15, 0.2) is 0 Å². The van der Waals surface area contributed by atoms with Crippen LogP contribution in [0.25, 0.3) is 11.6 Å². The number of benzene rings is 1. The van der Waals surface area contributed by atoms with Crippen molar-refractivity contribution in [2.75, 3.05) is 38.0 Å². The normalized spacial score (nSPS) is 20.8. The first-order valence-corrected chi connectivity index (χ1v) is 12.5. The largest absolute Gasteiger partial charge is 0.390 e. The standard InChI is InChI=1S/C27H34N4O3/c1-17-8-6-9-21-24(17)20(26(33)29-21)14-23-18(2)25-22(28-23)10-7-13-31(27(25)34)16-19(32)15-30-11-4-3-5-12-30/h6,8-9,14,19,28,32H,3-5,7,10-13,15-16H2,1-2H3,(H,29,33)/b20-14-/t19-/m0/s1. The molecule has 1 aromatic heterocycles. The zero-order chi connectivity index (χ0) is 23.8. The van der Waals surface area contributed by atoms with E-state index >= 15 is 0 Å². The van der Waals surface area contributed by atoms with Crippen LogP contribution in [0.15, 0.2) is 18.2 Å². The fourth-order valence-corrected chi connectivity index (χ4v) is 5.65. The van der Waals surface area contributed by atoms with Crippen LogP contribution in [0, 0.1) is 13.8 Å². The summed E-state index contributed by atoms with van der Waals surface area (Å²) >= 11 is 0. The Hall–Kier alpha value is -2.90. The van der Waals surface area contributed by atoms with Gasteiger partial charge in [-0.3, -0.25) is 9.59 Å². The van der Waals surface area contributed by atoms with Crippen LogP contribution >= 0.6 is 0 Å². The van der Waals surface area contributed by atoms with E-state index in [0.717, 1.165) is 59.7 Å². The summed E-state index contributed by atoms with van der Waals surface area (Å²) < 4.78 is 0. The lowest BCUT2D eigenvalue weighted by Crippen LogP contribution is -2.44. The highest BCUT2D eigenvalue weighted by molar-refractivity contribution is 6.35. The van der Waals surface area contributed by atoms with Crippen molar-refractivity contribution in [1.82, 2.24) is 14.8 Å². The van der Waals surface area contributed by atoms with Gasteiger partial charge in [-0.15, -0.1) is 0 Å². The van der Waals surface area contributed by atoms with Crippen molar-refractivity contribution >= 4 is 29.2 Å². The lowest BCUT2D eigenvalue weighted by Gasteiger charge is -2.31. The molecule has 2 amide bonds. The van der Waals surface area contributed by atoms with Crippen molar-refractivity contribution in [1.29, 1.82) is 0 Å². The number of nitrogens with one attached hydrogen (secondary N) is 2. The van der Waals surface area contributed by atoms with Crippen LogP contribution in [0.5, 0.6) is 0 Å². The Morgan fingerprint density at radius 2 is 1.82 bits per heavy atom. The highest BCUT2D eigenvalue weighted by Crippen LogP contribution is 2.36. The van der Waals surface area contributed by atoms with E-state index < -0.39 is 6.10 Å². The number of hydrogen-bond acceptors (Lipinski definition) is 4. The summed E-state index contributed by atoms with van der Waals surface area (Å²) in [5.41, 5.74) is 6.68. The fraction of sp³-hybridized carbons (Fsp3) is 0.481. The van der Waals surface area contributed by atoms with Crippen molar-refractivity contribution in [3.05, 3.63) is 51.8 Å². The number of amides is 2. The van der Waals surface area contributed by atoms with Crippen molar-refractivity contribution in [3.63, 3.8) is 0 Å². The molecule has 1 fully saturated rings. The molecule has 5 rings (SSSR count). The highest BCUT2D eigenvalue weighted by atomic mass is 16.3. The number of aryl methyl sites for hydroxylation is 2. The van der Waals surface area contributed by atoms with Crippen LogP contribution in [-0.4, -0.2) is 70.5 Å². The summed E-state index contributed by atoms with van der Waals surface area (Å²) in [4.78, 5) is 33.8. The average Bonchev–Trinajstić information content (AvgIpc) is 3.24. The van der Waals surface area contributed by atoms with Crippen LogP contribution in [0.3, 0.4) is 0 Å². The second-order valence-corrected chi connectivity index (χ2v) is 9.90. The maximum atomic E-state index is 13.5. The Morgan fingerprint density at radius 1 is 1.03 bits per heavy atom. The van der Waals surface area contributed by atoms with Gasteiger partial charge in [0.2, 0.25) is 0 Å². The molecule has 1 atom stereocenters. The predicted octanol–water partition coefficient (Wildman–Crippen LogP) is 3.36. The molecule has 0 aliphatic carbocycles. The molecule has 4 heterocycles. The molecule has 0 spiro atoms. The molecule has 0 bridgehead atoms. The maximum absolute atomic E-state index is 13.5. The van der Waals surface area contributed by atoms with E-state index in [2.05, 4.69) is 15.2 Å². The third-order valence-electron chi connectivity index (χ3n) is 7.39. The lowest BCUT2D eigenvalue weighted by molar-refractivity contribution is -0.110. The zero-order valence-corrected chi connectivity index (χ0v) is 20.1. The smallest absolute Gasteiger partial charge is 0.256 e. The van der Waals surface area contributed by atoms with Crippen molar-refractivity contribution in [2.45, 2.75) is 52.1 Å². The Bertz CT molecular complexity index is 1140. The van der Waals surface area contributed by atoms with E-state index in [9.17, 15) is 14.7 Å². The number of aliphatic hydroxyl groups is 1. The van der Waals surface area contributed by atoms with E-state index in [4.69, 9.17) is 0 Å². The zero-order valence-electron chi connectivity index (χ0n) is 20.1. The molecule has 34 heavy (non-hydrogen) atoms. The van der Waals surface area contributed by atoms with Gasteiger partial charge in [-0.25, -0.2) is 0 Å². The van der Waals surface area contributed by atoms with E-state index in [1.165, 1.54) is 19.3 Å². The van der Waals surface area contributed by atoms with E-state index in [-0.39, 0.29) is 11.8 Å². The van der Waals surface area contributed by atoms with Crippen LogP contribution < -0.4 is 5.32 Å². The number of aromatic nitrogens is 1. The average molecular weight is 463 g/mol. The first kappa shape index (κ1) is 22.9. The molecule has 3 aliphatic heterocycles. The van der Waals surface area contributed by atoms with Crippen molar-refractivity contribution in [2.24, 2.45) is 0 Å². The van der Waals surface area contributed by atoms with Gasteiger partial charge in [-0.05, 0) is 75.9 Å². The number of aliphatic hydroxyl groups excluding tert-OH is 1. The van der Waals surface area contributed by atoms with Crippen LogP contribution in [0.4, 0.5) is 5.69 Å². The number of carbonyl (C=O) groups is 2. The van der Waals surface area contributed by atoms with Gasteiger partial charge in [0.05, 0.1) is 17.2 Å². The SMILES string of the molecule is Cc1cccc2c1/C(=C/c1[nH]c3c(c1C)C(=O)N(C[C@@H](O)CN1CCCCC1)CCC3)C(=O)N2. The van der Waals surface area contributed by atoms with Gasteiger partial charge in [0, 0.05) is 42.3 Å². The van der Waals surface area contributed by atoms with Gasteiger partial charge in [0.25, 0.3) is 11.8 Å². The van der Waals surface area contributed by atoms with Crippen molar-refractivity contribution < 1.29 is 14.7 Å². The molecule has 180 valence electrons. The van der Waals surface area contributed by atoms with Crippen LogP contribution in [-0.2, 0) is 11.2 Å². The summed E-state index contributed by atoms with van der Waals surface area (Å²) in [5, 5.41) is 13.7. The lowest BCUT2D eigenvalue weighted by atomic mass is 9.99. The third-order valence-corrected chi connectivity index (χ3v) is 7.39. The number of anilines is 1.